The van der Waals surface area contributed by atoms with E-state index in [1.165, 1.54) is 12.1 Å². The maximum atomic E-state index is 11.9. The van der Waals surface area contributed by atoms with Gasteiger partial charge in [0.05, 0.1) is 5.52 Å². The Bertz CT molecular complexity index is 902. The van der Waals surface area contributed by atoms with Gasteiger partial charge in [-0.2, -0.15) is 0 Å². The van der Waals surface area contributed by atoms with E-state index in [9.17, 15) is 20.1 Å². The first kappa shape index (κ1) is 16.7. The van der Waals surface area contributed by atoms with Gasteiger partial charge in [-0.25, -0.2) is 0 Å². The number of phenolic OH excluding ortho intramolecular Hbond substituents is 3. The zero-order valence-corrected chi connectivity index (χ0v) is 13.6. The third-order valence-corrected chi connectivity index (χ3v) is 4.18. The van der Waals surface area contributed by atoms with Gasteiger partial charge in [-0.05, 0) is 42.2 Å². The number of aryl methyl sites for hydroxylation is 1. The fourth-order valence-corrected chi connectivity index (χ4v) is 2.81. The molecule has 0 aliphatic heterocycles. The molecule has 0 radical (unpaired) electrons. The van der Waals surface area contributed by atoms with Crippen molar-refractivity contribution in [2.45, 2.75) is 19.3 Å². The zero-order chi connectivity index (χ0) is 17.8. The lowest BCUT2D eigenvalue weighted by molar-refractivity contribution is -0.121. The van der Waals surface area contributed by atoms with Gasteiger partial charge in [0.1, 0.15) is 5.75 Å². The van der Waals surface area contributed by atoms with Crippen LogP contribution in [0, 0.1) is 0 Å². The summed E-state index contributed by atoms with van der Waals surface area (Å²) in [6.07, 6.45) is 3.30. The highest BCUT2D eigenvalue weighted by Gasteiger charge is 2.08. The third-order valence-electron chi connectivity index (χ3n) is 4.18. The summed E-state index contributed by atoms with van der Waals surface area (Å²) in [5, 5.41) is 32.3. The predicted molar refractivity (Wildman–Crippen MR) is 94.8 cm³/mol. The molecule has 6 nitrogen and oxygen atoms in total. The van der Waals surface area contributed by atoms with Crippen LogP contribution < -0.4 is 5.32 Å². The number of carbonyl (C=O) groups excluding carboxylic acids is 1. The van der Waals surface area contributed by atoms with Crippen LogP contribution in [0.5, 0.6) is 17.2 Å². The summed E-state index contributed by atoms with van der Waals surface area (Å²) in [6, 6.07) is 9.91. The molecule has 3 rings (SSSR count). The lowest BCUT2D eigenvalue weighted by Crippen LogP contribution is -2.25. The number of aromatic hydroxyl groups is 3. The number of H-pyrrole nitrogens is 1. The van der Waals surface area contributed by atoms with Crippen LogP contribution in [0.3, 0.4) is 0 Å². The molecule has 1 amide bonds. The van der Waals surface area contributed by atoms with Crippen LogP contribution in [-0.4, -0.2) is 32.8 Å². The van der Waals surface area contributed by atoms with Crippen LogP contribution in [0.25, 0.3) is 10.9 Å². The quantitative estimate of drug-likeness (QED) is 0.445. The number of para-hydroxylation sites is 1. The van der Waals surface area contributed by atoms with Gasteiger partial charge in [0, 0.05) is 24.5 Å². The molecule has 0 bridgehead atoms. The number of carbonyl (C=O) groups is 1. The average molecular weight is 340 g/mol. The van der Waals surface area contributed by atoms with Crippen molar-refractivity contribution in [3.63, 3.8) is 0 Å². The van der Waals surface area contributed by atoms with Gasteiger partial charge in [-0.15, -0.1) is 0 Å². The van der Waals surface area contributed by atoms with Crippen molar-refractivity contribution in [3.05, 3.63) is 53.7 Å². The van der Waals surface area contributed by atoms with Gasteiger partial charge >= 0.3 is 0 Å². The van der Waals surface area contributed by atoms with Crippen LogP contribution in [-0.2, 0) is 17.6 Å². The Morgan fingerprint density at radius 2 is 1.84 bits per heavy atom. The van der Waals surface area contributed by atoms with Crippen LogP contribution in [0.15, 0.2) is 42.6 Å². The monoisotopic (exact) mass is 340 g/mol. The van der Waals surface area contributed by atoms with Crippen molar-refractivity contribution >= 4 is 16.8 Å². The lowest BCUT2D eigenvalue weighted by Gasteiger charge is -2.06. The molecule has 0 spiro atoms. The van der Waals surface area contributed by atoms with Crippen molar-refractivity contribution in [3.8, 4) is 17.2 Å². The van der Waals surface area contributed by atoms with E-state index in [2.05, 4.69) is 10.3 Å². The molecule has 1 heterocycles. The number of nitrogens with one attached hydrogen (secondary N) is 2. The van der Waals surface area contributed by atoms with E-state index >= 15 is 0 Å². The molecule has 130 valence electrons. The number of aromatic nitrogens is 1. The number of fused-ring (bicyclic) bond motifs is 1. The van der Waals surface area contributed by atoms with E-state index < -0.39 is 0 Å². The average Bonchev–Trinajstić information content (AvgIpc) is 3.01. The molecule has 0 saturated carbocycles. The van der Waals surface area contributed by atoms with E-state index in [1.54, 1.807) is 18.2 Å². The summed E-state index contributed by atoms with van der Waals surface area (Å²) < 4.78 is 0. The van der Waals surface area contributed by atoms with Crippen molar-refractivity contribution in [1.29, 1.82) is 0 Å². The Morgan fingerprint density at radius 3 is 2.64 bits per heavy atom. The lowest BCUT2D eigenvalue weighted by atomic mass is 10.1. The molecule has 0 fully saturated rings. The third kappa shape index (κ3) is 3.85. The maximum absolute atomic E-state index is 11.9. The first-order valence-corrected chi connectivity index (χ1v) is 8.10. The molecule has 5 N–H and O–H groups in total. The van der Waals surface area contributed by atoms with Gasteiger partial charge < -0.3 is 25.6 Å². The van der Waals surface area contributed by atoms with Gasteiger partial charge in [-0.3, -0.25) is 4.79 Å². The molecule has 0 saturated heterocycles. The minimum Gasteiger partial charge on any atom is -0.506 e. The fraction of sp³-hybridized carbons (Fsp3) is 0.211. The number of amides is 1. The zero-order valence-electron chi connectivity index (χ0n) is 13.6. The largest absolute Gasteiger partial charge is 0.506 e. The SMILES string of the molecule is O=C(CCc1ccc(O)c(O)c1)NCCc1c[nH]c2c(O)cccc12. The minimum atomic E-state index is -0.180. The summed E-state index contributed by atoms with van der Waals surface area (Å²) in [7, 11) is 0. The molecule has 0 atom stereocenters. The molecular weight excluding hydrogens is 320 g/mol. The second-order valence-electron chi connectivity index (χ2n) is 5.94. The number of hydrogen-bond acceptors (Lipinski definition) is 4. The molecule has 0 aliphatic carbocycles. The summed E-state index contributed by atoms with van der Waals surface area (Å²) >= 11 is 0. The first-order chi connectivity index (χ1) is 12.0. The minimum absolute atomic E-state index is 0.0738. The standard InChI is InChI=1S/C19H20N2O4/c22-15-6-4-12(10-17(15)24)5-7-18(25)20-9-8-13-11-21-19-14(13)2-1-3-16(19)23/h1-4,6,10-11,21-24H,5,7-9H2,(H,20,25). The van der Waals surface area contributed by atoms with E-state index in [-0.39, 0.29) is 23.2 Å². The van der Waals surface area contributed by atoms with Gasteiger partial charge in [-0.1, -0.05) is 18.2 Å². The van der Waals surface area contributed by atoms with E-state index in [0.717, 1.165) is 16.5 Å². The van der Waals surface area contributed by atoms with Crippen LogP contribution in [0.1, 0.15) is 17.5 Å². The smallest absolute Gasteiger partial charge is 0.220 e. The van der Waals surface area contributed by atoms with Crippen LogP contribution in [0.4, 0.5) is 0 Å². The number of benzene rings is 2. The molecule has 1 aromatic heterocycles. The highest BCUT2D eigenvalue weighted by atomic mass is 16.3. The van der Waals surface area contributed by atoms with E-state index in [0.29, 0.717) is 31.3 Å². The number of phenols is 3. The van der Waals surface area contributed by atoms with Crippen molar-refractivity contribution in [2.24, 2.45) is 0 Å². The Labute approximate surface area is 144 Å². The highest BCUT2D eigenvalue weighted by Crippen LogP contribution is 2.26. The summed E-state index contributed by atoms with van der Waals surface area (Å²) in [4.78, 5) is 15.0. The Kier molecular flexibility index (Phi) is 4.79. The molecule has 0 unspecified atom stereocenters. The molecule has 6 heteroatoms. The Balaban J connectivity index is 1.49. The summed E-state index contributed by atoms with van der Waals surface area (Å²) in [5.74, 6) is -0.210. The molecular formula is C19H20N2O4. The van der Waals surface area contributed by atoms with Crippen molar-refractivity contribution in [2.75, 3.05) is 6.54 Å². The summed E-state index contributed by atoms with van der Waals surface area (Å²) in [5.41, 5.74) is 2.53. The summed E-state index contributed by atoms with van der Waals surface area (Å²) in [6.45, 7) is 0.502. The van der Waals surface area contributed by atoms with Gasteiger partial charge in [0.25, 0.3) is 0 Å². The molecule has 3 aromatic rings. The fourth-order valence-electron chi connectivity index (χ4n) is 2.81. The molecule has 2 aromatic carbocycles. The Hall–Kier alpha value is -3.15. The second-order valence-corrected chi connectivity index (χ2v) is 5.94. The second kappa shape index (κ2) is 7.17. The van der Waals surface area contributed by atoms with Crippen molar-refractivity contribution in [1.82, 2.24) is 10.3 Å². The van der Waals surface area contributed by atoms with Gasteiger partial charge in [0.15, 0.2) is 11.5 Å². The van der Waals surface area contributed by atoms with Crippen molar-refractivity contribution < 1.29 is 20.1 Å². The van der Waals surface area contributed by atoms with E-state index in [1.807, 2.05) is 12.3 Å². The Morgan fingerprint density at radius 1 is 1.00 bits per heavy atom. The number of hydrogen-bond donors (Lipinski definition) is 5. The van der Waals surface area contributed by atoms with Gasteiger partial charge in [0.2, 0.25) is 5.91 Å². The highest BCUT2D eigenvalue weighted by molar-refractivity contribution is 5.88. The maximum Gasteiger partial charge on any atom is 0.220 e. The topological polar surface area (TPSA) is 106 Å². The predicted octanol–water partition coefficient (Wildman–Crippen LogP) is 2.58. The normalized spacial score (nSPS) is 10.9. The molecule has 25 heavy (non-hydrogen) atoms. The molecule has 0 aliphatic rings. The number of aromatic amines is 1. The first-order valence-electron chi connectivity index (χ1n) is 8.10. The van der Waals surface area contributed by atoms with Crippen LogP contribution >= 0.6 is 0 Å². The van der Waals surface area contributed by atoms with E-state index in [4.69, 9.17) is 0 Å². The number of rotatable bonds is 6. The van der Waals surface area contributed by atoms with Crippen LogP contribution in [0.2, 0.25) is 0 Å².